The summed E-state index contributed by atoms with van der Waals surface area (Å²) >= 11 is 1.71. The van der Waals surface area contributed by atoms with Gasteiger partial charge in [-0.3, -0.25) is 9.88 Å². The molecule has 0 saturated heterocycles. The van der Waals surface area contributed by atoms with Crippen molar-refractivity contribution in [3.63, 3.8) is 0 Å². The minimum absolute atomic E-state index is 0.835. The maximum absolute atomic E-state index is 5.82. The van der Waals surface area contributed by atoms with Crippen LogP contribution in [0.25, 0.3) is 0 Å². The average molecular weight is 261 g/mol. The summed E-state index contributed by atoms with van der Waals surface area (Å²) in [5.41, 5.74) is 9.81. The molecular formula is C14H19N3S. The van der Waals surface area contributed by atoms with Gasteiger partial charge in [0, 0.05) is 29.9 Å². The zero-order chi connectivity index (χ0) is 12.8. The number of thiazole rings is 1. The molecule has 0 aliphatic rings. The van der Waals surface area contributed by atoms with Gasteiger partial charge in [-0.25, -0.2) is 0 Å². The minimum Gasteiger partial charge on any atom is -0.399 e. The van der Waals surface area contributed by atoms with E-state index < -0.39 is 0 Å². The van der Waals surface area contributed by atoms with Gasteiger partial charge in [0.25, 0.3) is 0 Å². The monoisotopic (exact) mass is 261 g/mol. The van der Waals surface area contributed by atoms with Crippen LogP contribution in [0.15, 0.2) is 36.0 Å². The van der Waals surface area contributed by atoms with Crippen molar-refractivity contribution in [2.24, 2.45) is 0 Å². The van der Waals surface area contributed by atoms with E-state index in [0.717, 1.165) is 31.7 Å². The maximum atomic E-state index is 5.82. The Kier molecular flexibility index (Phi) is 4.73. The highest BCUT2D eigenvalue weighted by Gasteiger charge is 2.07. The highest BCUT2D eigenvalue weighted by atomic mass is 32.1. The first-order valence-corrected chi connectivity index (χ1v) is 7.10. The lowest BCUT2D eigenvalue weighted by Gasteiger charge is -2.21. The Labute approximate surface area is 112 Å². The van der Waals surface area contributed by atoms with Gasteiger partial charge in [-0.05, 0) is 30.7 Å². The van der Waals surface area contributed by atoms with Crippen molar-refractivity contribution in [2.45, 2.75) is 26.4 Å². The van der Waals surface area contributed by atoms with Gasteiger partial charge < -0.3 is 5.73 Å². The molecule has 0 unspecified atom stereocenters. The van der Waals surface area contributed by atoms with Crippen molar-refractivity contribution in [2.75, 3.05) is 12.3 Å². The molecule has 1 aromatic heterocycles. The number of nitrogen functional groups attached to an aromatic ring is 1. The average Bonchev–Trinajstić information content (AvgIpc) is 2.82. The largest absolute Gasteiger partial charge is 0.399 e. The van der Waals surface area contributed by atoms with Gasteiger partial charge in [0.15, 0.2) is 0 Å². The van der Waals surface area contributed by atoms with Crippen LogP contribution < -0.4 is 5.73 Å². The molecule has 0 spiro atoms. The Morgan fingerprint density at radius 1 is 1.33 bits per heavy atom. The van der Waals surface area contributed by atoms with Gasteiger partial charge >= 0.3 is 0 Å². The van der Waals surface area contributed by atoms with Crippen molar-refractivity contribution in [3.8, 4) is 0 Å². The molecule has 0 bridgehead atoms. The number of benzene rings is 1. The predicted molar refractivity (Wildman–Crippen MR) is 77.4 cm³/mol. The van der Waals surface area contributed by atoms with Crippen LogP contribution in [0, 0.1) is 0 Å². The zero-order valence-electron chi connectivity index (χ0n) is 10.7. The first-order valence-electron chi connectivity index (χ1n) is 6.22. The number of hydrogen-bond acceptors (Lipinski definition) is 4. The summed E-state index contributed by atoms with van der Waals surface area (Å²) < 4.78 is 0. The molecule has 0 aliphatic carbocycles. The Bertz CT molecular complexity index is 468. The third kappa shape index (κ3) is 3.82. The Hall–Kier alpha value is -1.39. The normalized spacial score (nSPS) is 11.0. The fourth-order valence-corrected chi connectivity index (χ4v) is 2.66. The van der Waals surface area contributed by atoms with Crippen molar-refractivity contribution in [1.29, 1.82) is 0 Å². The maximum Gasteiger partial charge on any atom is 0.0794 e. The van der Waals surface area contributed by atoms with Crippen LogP contribution in [0.2, 0.25) is 0 Å². The topological polar surface area (TPSA) is 42.1 Å². The Morgan fingerprint density at radius 2 is 2.22 bits per heavy atom. The fourth-order valence-electron chi connectivity index (χ4n) is 2.02. The summed E-state index contributed by atoms with van der Waals surface area (Å²) in [5.74, 6) is 0. The molecule has 0 fully saturated rings. The molecule has 2 N–H and O–H groups in total. The van der Waals surface area contributed by atoms with E-state index in [-0.39, 0.29) is 0 Å². The molecule has 0 aliphatic heterocycles. The second-order valence-corrected chi connectivity index (χ2v) is 5.39. The van der Waals surface area contributed by atoms with Crippen LogP contribution in [0.1, 0.15) is 23.8 Å². The van der Waals surface area contributed by atoms with Crippen LogP contribution >= 0.6 is 11.3 Å². The zero-order valence-corrected chi connectivity index (χ0v) is 11.5. The predicted octanol–water partition coefficient (Wildman–Crippen LogP) is 3.14. The fraction of sp³-hybridized carbons (Fsp3) is 0.357. The smallest absolute Gasteiger partial charge is 0.0794 e. The first kappa shape index (κ1) is 13.1. The van der Waals surface area contributed by atoms with E-state index in [1.165, 1.54) is 10.4 Å². The number of rotatable bonds is 6. The number of nitrogens with two attached hydrogens (primary N) is 1. The lowest BCUT2D eigenvalue weighted by molar-refractivity contribution is 0.259. The number of hydrogen-bond donors (Lipinski definition) is 1. The van der Waals surface area contributed by atoms with Crippen molar-refractivity contribution in [3.05, 3.63) is 46.4 Å². The number of aromatic nitrogens is 1. The summed E-state index contributed by atoms with van der Waals surface area (Å²) in [4.78, 5) is 7.87. The highest BCUT2D eigenvalue weighted by molar-refractivity contribution is 7.09. The van der Waals surface area contributed by atoms with E-state index in [4.69, 9.17) is 5.73 Å². The molecule has 1 heterocycles. The number of anilines is 1. The quantitative estimate of drug-likeness (QED) is 0.812. The van der Waals surface area contributed by atoms with Gasteiger partial charge in [0.2, 0.25) is 0 Å². The van der Waals surface area contributed by atoms with E-state index in [0.29, 0.717) is 0 Å². The van der Waals surface area contributed by atoms with Crippen LogP contribution in [-0.2, 0) is 13.1 Å². The SMILES string of the molecule is CCCN(Cc1cccc(N)c1)Cc1cncs1. The van der Waals surface area contributed by atoms with Gasteiger partial charge in [-0.2, -0.15) is 0 Å². The van der Waals surface area contributed by atoms with Crippen LogP contribution in [0.4, 0.5) is 5.69 Å². The lowest BCUT2D eigenvalue weighted by Crippen LogP contribution is -2.23. The second kappa shape index (κ2) is 6.52. The molecule has 3 nitrogen and oxygen atoms in total. The van der Waals surface area contributed by atoms with Gasteiger partial charge in [0.1, 0.15) is 0 Å². The van der Waals surface area contributed by atoms with Gasteiger partial charge in [0.05, 0.1) is 5.51 Å². The third-order valence-corrected chi connectivity index (χ3v) is 3.52. The van der Waals surface area contributed by atoms with Crippen LogP contribution in [0.5, 0.6) is 0 Å². The van der Waals surface area contributed by atoms with E-state index >= 15 is 0 Å². The molecule has 0 saturated carbocycles. The molecule has 1 aromatic carbocycles. The Morgan fingerprint density at radius 3 is 2.89 bits per heavy atom. The molecule has 0 atom stereocenters. The molecule has 2 aromatic rings. The van der Waals surface area contributed by atoms with E-state index in [2.05, 4.69) is 28.9 Å². The minimum atomic E-state index is 0.835. The van der Waals surface area contributed by atoms with Gasteiger partial charge in [-0.1, -0.05) is 19.1 Å². The molecular weight excluding hydrogens is 242 g/mol. The standard InChI is InChI=1S/C14H19N3S/c1-2-6-17(10-14-8-16-11-18-14)9-12-4-3-5-13(15)7-12/h3-5,7-8,11H,2,6,9-10,15H2,1H3. The first-order chi connectivity index (χ1) is 8.78. The summed E-state index contributed by atoms with van der Waals surface area (Å²) in [6.45, 7) is 5.20. The highest BCUT2D eigenvalue weighted by Crippen LogP contribution is 2.14. The van der Waals surface area contributed by atoms with Crippen molar-refractivity contribution in [1.82, 2.24) is 9.88 Å². The molecule has 18 heavy (non-hydrogen) atoms. The Balaban J connectivity index is 2.01. The lowest BCUT2D eigenvalue weighted by atomic mass is 10.2. The number of nitrogens with zero attached hydrogens (tertiary/aromatic N) is 2. The molecule has 2 rings (SSSR count). The summed E-state index contributed by atoms with van der Waals surface area (Å²) in [7, 11) is 0. The molecule has 96 valence electrons. The van der Waals surface area contributed by atoms with Crippen LogP contribution in [0.3, 0.4) is 0 Å². The van der Waals surface area contributed by atoms with E-state index in [1.54, 1.807) is 11.3 Å². The van der Waals surface area contributed by atoms with Crippen LogP contribution in [-0.4, -0.2) is 16.4 Å². The van der Waals surface area contributed by atoms with Crippen molar-refractivity contribution >= 4 is 17.0 Å². The third-order valence-electron chi connectivity index (χ3n) is 2.76. The summed E-state index contributed by atoms with van der Waals surface area (Å²) in [6.07, 6.45) is 3.10. The molecule has 0 amide bonds. The summed E-state index contributed by atoms with van der Waals surface area (Å²) in [5, 5.41) is 0. The van der Waals surface area contributed by atoms with E-state index in [1.807, 2.05) is 23.8 Å². The second-order valence-electron chi connectivity index (χ2n) is 4.42. The summed E-state index contributed by atoms with van der Waals surface area (Å²) in [6, 6.07) is 8.12. The van der Waals surface area contributed by atoms with E-state index in [9.17, 15) is 0 Å². The van der Waals surface area contributed by atoms with Crippen molar-refractivity contribution < 1.29 is 0 Å². The molecule has 0 radical (unpaired) electrons. The van der Waals surface area contributed by atoms with Gasteiger partial charge in [-0.15, -0.1) is 11.3 Å². The molecule has 4 heteroatoms.